The van der Waals surface area contributed by atoms with Crippen LogP contribution in [0.4, 0.5) is 4.39 Å². The van der Waals surface area contributed by atoms with Crippen LogP contribution in [-0.4, -0.2) is 44.6 Å². The minimum atomic E-state index is -0.572. The fraction of sp³-hybridized carbons (Fsp3) is 0.400. The van der Waals surface area contributed by atoms with Gasteiger partial charge in [0.2, 0.25) is 0 Å². The number of benzene rings is 1. The van der Waals surface area contributed by atoms with Crippen LogP contribution in [0.2, 0.25) is 0 Å². The molecule has 0 saturated carbocycles. The number of hydrogen-bond acceptors (Lipinski definition) is 4. The summed E-state index contributed by atoms with van der Waals surface area (Å²) < 4.78 is 14.7. The molecule has 0 unspecified atom stereocenters. The van der Waals surface area contributed by atoms with Gasteiger partial charge in [-0.2, -0.15) is 0 Å². The number of piperidine rings is 1. The van der Waals surface area contributed by atoms with Gasteiger partial charge in [-0.15, -0.1) is 5.10 Å². The van der Waals surface area contributed by atoms with Crippen molar-refractivity contribution in [1.82, 2.24) is 19.9 Å². The Morgan fingerprint density at radius 3 is 2.62 bits per heavy atom. The van der Waals surface area contributed by atoms with Crippen LogP contribution in [0.3, 0.4) is 0 Å². The van der Waals surface area contributed by atoms with Crippen LogP contribution in [0.25, 0.3) is 6.08 Å². The van der Waals surface area contributed by atoms with Gasteiger partial charge < -0.3 is 5.11 Å². The average molecular weight is 356 g/mol. The molecule has 1 aliphatic rings. The second-order valence-electron chi connectivity index (χ2n) is 6.67. The predicted molar refractivity (Wildman–Crippen MR) is 99.9 cm³/mol. The molecule has 1 aromatic heterocycles. The Labute approximate surface area is 153 Å². The molecule has 1 aromatic carbocycles. The van der Waals surface area contributed by atoms with E-state index in [0.29, 0.717) is 11.7 Å². The van der Waals surface area contributed by atoms with Gasteiger partial charge in [0, 0.05) is 19.6 Å². The fourth-order valence-corrected chi connectivity index (χ4v) is 3.06. The third kappa shape index (κ3) is 5.09. The minimum Gasteiger partial charge on any atom is -0.387 e. The van der Waals surface area contributed by atoms with E-state index in [0.717, 1.165) is 38.0 Å². The monoisotopic (exact) mass is 356 g/mol. The van der Waals surface area contributed by atoms with Crippen molar-refractivity contribution < 1.29 is 9.50 Å². The van der Waals surface area contributed by atoms with Crippen LogP contribution in [0, 0.1) is 5.82 Å². The van der Waals surface area contributed by atoms with Crippen LogP contribution in [0.15, 0.2) is 48.7 Å². The molecule has 1 atom stereocenters. The van der Waals surface area contributed by atoms with Crippen molar-refractivity contribution in [2.75, 3.05) is 19.6 Å². The number of aromatic nitrogens is 3. The highest BCUT2D eigenvalue weighted by Gasteiger charge is 2.21. The van der Waals surface area contributed by atoms with Crippen molar-refractivity contribution in [3.05, 3.63) is 65.8 Å². The summed E-state index contributed by atoms with van der Waals surface area (Å²) in [7, 11) is 0. The van der Waals surface area contributed by atoms with Crippen LogP contribution in [-0.2, 0) is 0 Å². The molecule has 26 heavy (non-hydrogen) atoms. The van der Waals surface area contributed by atoms with Crippen molar-refractivity contribution in [2.24, 2.45) is 0 Å². The zero-order valence-corrected chi connectivity index (χ0v) is 15.0. The SMILES string of the molecule is C[C@@H](O)c1cn(C2CCN(C/C=C/C=C/c3ccc(F)cc3)CC2)nn1. The lowest BCUT2D eigenvalue weighted by Gasteiger charge is -2.30. The highest BCUT2D eigenvalue weighted by molar-refractivity contribution is 5.50. The molecule has 3 rings (SSSR count). The standard InChI is InChI=1S/C20H25FN4O/c1-16(26)20-15-25(23-22-20)19-10-13-24(14-11-19)12-4-2-3-5-17-6-8-18(21)9-7-17/h2-9,15-16,19,26H,10-14H2,1H3/b4-2+,5-3+/t16-/m1/s1. The summed E-state index contributed by atoms with van der Waals surface area (Å²) in [6.07, 6.45) is 11.5. The first kappa shape index (κ1) is 18.5. The number of rotatable bonds is 6. The van der Waals surface area contributed by atoms with Crippen LogP contribution >= 0.6 is 0 Å². The summed E-state index contributed by atoms with van der Waals surface area (Å²) in [5, 5.41) is 17.7. The van der Waals surface area contributed by atoms with E-state index in [1.165, 1.54) is 12.1 Å². The molecule has 2 heterocycles. The molecule has 138 valence electrons. The quantitative estimate of drug-likeness (QED) is 0.806. The molecule has 1 aliphatic heterocycles. The zero-order chi connectivity index (χ0) is 18.4. The molecular weight excluding hydrogens is 331 g/mol. The minimum absolute atomic E-state index is 0.214. The van der Waals surface area contributed by atoms with Gasteiger partial charge in [0.05, 0.1) is 18.3 Å². The van der Waals surface area contributed by atoms with E-state index < -0.39 is 6.10 Å². The van der Waals surface area contributed by atoms with E-state index in [1.807, 2.05) is 29.1 Å². The zero-order valence-electron chi connectivity index (χ0n) is 15.0. The summed E-state index contributed by atoms with van der Waals surface area (Å²) in [6, 6.07) is 6.81. The number of nitrogens with zero attached hydrogens (tertiary/aromatic N) is 4. The molecule has 0 amide bonds. The molecular formula is C20H25FN4O. The Morgan fingerprint density at radius 2 is 1.96 bits per heavy atom. The predicted octanol–water partition coefficient (Wildman–Crippen LogP) is 3.38. The Morgan fingerprint density at radius 1 is 1.23 bits per heavy atom. The Hall–Kier alpha value is -2.31. The van der Waals surface area contributed by atoms with Crippen molar-refractivity contribution in [1.29, 1.82) is 0 Å². The highest BCUT2D eigenvalue weighted by atomic mass is 19.1. The Bertz CT molecular complexity index is 743. The van der Waals surface area contributed by atoms with E-state index in [4.69, 9.17) is 0 Å². The number of likely N-dealkylation sites (tertiary alicyclic amines) is 1. The van der Waals surface area contributed by atoms with Crippen molar-refractivity contribution >= 4 is 6.08 Å². The number of halogens is 1. The van der Waals surface area contributed by atoms with Crippen molar-refractivity contribution in [3.8, 4) is 0 Å². The van der Waals surface area contributed by atoms with Crippen LogP contribution in [0.5, 0.6) is 0 Å². The van der Waals surface area contributed by atoms with Crippen molar-refractivity contribution in [3.63, 3.8) is 0 Å². The van der Waals surface area contributed by atoms with Gasteiger partial charge in [0.25, 0.3) is 0 Å². The molecule has 5 nitrogen and oxygen atoms in total. The summed E-state index contributed by atoms with van der Waals surface area (Å²) in [4.78, 5) is 2.41. The summed E-state index contributed by atoms with van der Waals surface area (Å²) in [6.45, 7) is 4.64. The molecule has 0 spiro atoms. The van der Waals surface area contributed by atoms with E-state index in [-0.39, 0.29) is 5.82 Å². The van der Waals surface area contributed by atoms with Gasteiger partial charge in [-0.05, 0) is 37.5 Å². The van der Waals surface area contributed by atoms with Gasteiger partial charge in [-0.3, -0.25) is 4.90 Å². The van der Waals surface area contributed by atoms with Crippen LogP contribution < -0.4 is 0 Å². The Kier molecular flexibility index (Phi) is 6.30. The molecule has 1 saturated heterocycles. The second-order valence-corrected chi connectivity index (χ2v) is 6.67. The summed E-state index contributed by atoms with van der Waals surface area (Å²) in [5.74, 6) is -0.214. The lowest BCUT2D eigenvalue weighted by Crippen LogP contribution is -2.34. The number of allylic oxidation sites excluding steroid dienone is 2. The van der Waals surface area contributed by atoms with E-state index in [9.17, 15) is 9.50 Å². The number of aliphatic hydroxyl groups excluding tert-OH is 1. The molecule has 0 bridgehead atoms. The maximum absolute atomic E-state index is 12.8. The summed E-state index contributed by atoms with van der Waals surface area (Å²) in [5.41, 5.74) is 1.62. The molecule has 0 radical (unpaired) electrons. The lowest BCUT2D eigenvalue weighted by atomic mass is 10.1. The van der Waals surface area contributed by atoms with E-state index >= 15 is 0 Å². The Balaban J connectivity index is 1.41. The lowest BCUT2D eigenvalue weighted by molar-refractivity contribution is 0.191. The molecule has 6 heteroatoms. The van der Waals surface area contributed by atoms with E-state index in [1.54, 1.807) is 19.1 Å². The van der Waals surface area contributed by atoms with E-state index in [2.05, 4.69) is 21.3 Å². The number of aliphatic hydroxyl groups is 1. The van der Waals surface area contributed by atoms with Gasteiger partial charge in [0.1, 0.15) is 11.5 Å². The average Bonchev–Trinajstić information content (AvgIpc) is 3.14. The third-order valence-corrected chi connectivity index (χ3v) is 4.66. The maximum atomic E-state index is 12.8. The van der Waals surface area contributed by atoms with Gasteiger partial charge in [0.15, 0.2) is 0 Å². The normalized spacial score (nSPS) is 18.1. The first-order chi connectivity index (χ1) is 12.6. The van der Waals surface area contributed by atoms with Crippen molar-refractivity contribution in [2.45, 2.75) is 31.9 Å². The molecule has 2 aromatic rings. The first-order valence-corrected chi connectivity index (χ1v) is 9.03. The molecule has 0 aliphatic carbocycles. The van der Waals surface area contributed by atoms with Gasteiger partial charge in [-0.1, -0.05) is 41.7 Å². The largest absolute Gasteiger partial charge is 0.387 e. The first-order valence-electron chi connectivity index (χ1n) is 9.03. The summed E-state index contributed by atoms with van der Waals surface area (Å²) >= 11 is 0. The third-order valence-electron chi connectivity index (χ3n) is 4.66. The highest BCUT2D eigenvalue weighted by Crippen LogP contribution is 2.22. The molecule has 1 N–H and O–H groups in total. The number of hydrogen-bond donors (Lipinski definition) is 1. The second kappa shape index (κ2) is 8.87. The van der Waals surface area contributed by atoms with Gasteiger partial charge in [-0.25, -0.2) is 9.07 Å². The van der Waals surface area contributed by atoms with Gasteiger partial charge >= 0.3 is 0 Å². The maximum Gasteiger partial charge on any atom is 0.123 e. The smallest absolute Gasteiger partial charge is 0.123 e. The van der Waals surface area contributed by atoms with Crippen LogP contribution in [0.1, 0.15) is 43.2 Å². The fourth-order valence-electron chi connectivity index (χ4n) is 3.06. The topological polar surface area (TPSA) is 54.2 Å². The molecule has 1 fully saturated rings.